The lowest BCUT2D eigenvalue weighted by Gasteiger charge is -2.42. The van der Waals surface area contributed by atoms with Crippen LogP contribution in [0.2, 0.25) is 16.6 Å². The van der Waals surface area contributed by atoms with Crippen LogP contribution in [0, 0.1) is 0 Å². The maximum absolute atomic E-state index is 10.3. The Balaban J connectivity index is 2.35. The van der Waals surface area contributed by atoms with Crippen molar-refractivity contribution in [1.82, 2.24) is 0 Å². The normalized spacial score (nSPS) is 12.4. The summed E-state index contributed by atoms with van der Waals surface area (Å²) in [7, 11) is -1.88. The lowest BCUT2D eigenvalue weighted by Crippen LogP contribution is -2.48. The molecule has 1 N–H and O–H groups in total. The number of rotatable bonds is 9. The fourth-order valence-electron chi connectivity index (χ4n) is 5.04. The molecule has 0 bridgehead atoms. The van der Waals surface area contributed by atoms with Crippen LogP contribution in [0.15, 0.2) is 42.5 Å². The van der Waals surface area contributed by atoms with Gasteiger partial charge in [0, 0.05) is 6.61 Å². The summed E-state index contributed by atoms with van der Waals surface area (Å²) in [6.45, 7) is 16.8. The number of benzene rings is 2. The topological polar surface area (TPSA) is 29.5 Å². The molecular weight excluding hydrogens is 360 g/mol. The Morgan fingerprint density at radius 3 is 1.89 bits per heavy atom. The molecule has 0 amide bonds. The molecular formula is C25H38O2Si. The van der Waals surface area contributed by atoms with Crippen molar-refractivity contribution in [2.75, 3.05) is 6.61 Å². The van der Waals surface area contributed by atoms with Crippen LogP contribution < -0.4 is 0 Å². The van der Waals surface area contributed by atoms with E-state index in [2.05, 4.69) is 72.7 Å². The van der Waals surface area contributed by atoms with Crippen molar-refractivity contribution in [3.8, 4) is 16.9 Å². The average Bonchev–Trinajstić information content (AvgIpc) is 2.64. The molecule has 0 aromatic heterocycles. The molecule has 2 nitrogen and oxygen atoms in total. The Morgan fingerprint density at radius 2 is 1.39 bits per heavy atom. The largest absolute Gasteiger partial charge is 0.508 e. The summed E-state index contributed by atoms with van der Waals surface area (Å²) in [5, 5.41) is 10.3. The highest BCUT2D eigenvalue weighted by Crippen LogP contribution is 2.42. The van der Waals surface area contributed by atoms with Gasteiger partial charge < -0.3 is 9.53 Å². The first kappa shape index (κ1) is 22.7. The number of hydrogen-bond donors (Lipinski definition) is 1. The summed E-state index contributed by atoms with van der Waals surface area (Å²) in [4.78, 5) is 0. The number of phenols is 1. The molecule has 2 aromatic carbocycles. The third kappa shape index (κ3) is 4.69. The van der Waals surface area contributed by atoms with Crippen LogP contribution in [0.3, 0.4) is 0 Å². The molecule has 0 unspecified atom stereocenters. The lowest BCUT2D eigenvalue weighted by molar-refractivity contribution is 0.281. The van der Waals surface area contributed by atoms with Gasteiger partial charge in [0.05, 0.1) is 0 Å². The predicted molar refractivity (Wildman–Crippen MR) is 124 cm³/mol. The van der Waals surface area contributed by atoms with Crippen molar-refractivity contribution in [1.29, 1.82) is 0 Å². The smallest absolute Gasteiger partial charge is 0.200 e. The van der Waals surface area contributed by atoms with Crippen LogP contribution in [0.1, 0.15) is 59.6 Å². The summed E-state index contributed by atoms with van der Waals surface area (Å²) >= 11 is 0. The van der Waals surface area contributed by atoms with Gasteiger partial charge >= 0.3 is 0 Å². The van der Waals surface area contributed by atoms with Crippen molar-refractivity contribution in [2.45, 2.75) is 77.9 Å². The van der Waals surface area contributed by atoms with Crippen LogP contribution in [0.5, 0.6) is 5.75 Å². The minimum atomic E-state index is -1.88. The van der Waals surface area contributed by atoms with Crippen molar-refractivity contribution < 1.29 is 9.53 Å². The van der Waals surface area contributed by atoms with Gasteiger partial charge in [-0.15, -0.1) is 0 Å². The summed E-state index contributed by atoms with van der Waals surface area (Å²) in [6.07, 6.45) is 1.72. The molecule has 0 radical (unpaired) electrons. The molecule has 28 heavy (non-hydrogen) atoms. The van der Waals surface area contributed by atoms with Crippen LogP contribution in [0.25, 0.3) is 11.1 Å². The molecule has 0 aliphatic heterocycles. The number of hydrogen-bond acceptors (Lipinski definition) is 2. The predicted octanol–water partition coefficient (Wildman–Crippen LogP) is 7.36. The van der Waals surface area contributed by atoms with Gasteiger partial charge in [-0.05, 0) is 63.9 Å². The summed E-state index contributed by atoms with van der Waals surface area (Å²) in [5.41, 5.74) is 6.60. The molecule has 0 aliphatic carbocycles. The van der Waals surface area contributed by atoms with Crippen LogP contribution >= 0.6 is 0 Å². The van der Waals surface area contributed by atoms with Gasteiger partial charge in [0.25, 0.3) is 0 Å². The summed E-state index contributed by atoms with van der Waals surface area (Å²) in [5.74, 6) is 0.353. The summed E-state index contributed by atoms with van der Waals surface area (Å²) in [6, 6.07) is 14.4. The van der Waals surface area contributed by atoms with Crippen molar-refractivity contribution >= 4 is 8.32 Å². The Bertz CT molecular complexity index is 729. The Labute approximate surface area is 173 Å². The molecule has 0 saturated heterocycles. The molecule has 3 heteroatoms. The zero-order chi connectivity index (χ0) is 20.9. The maximum atomic E-state index is 10.3. The first-order valence-corrected chi connectivity index (χ1v) is 12.9. The Morgan fingerprint density at radius 1 is 0.857 bits per heavy atom. The highest BCUT2D eigenvalue weighted by Gasteiger charge is 2.44. The fourth-order valence-corrected chi connectivity index (χ4v) is 10.5. The van der Waals surface area contributed by atoms with Crippen LogP contribution in [0.4, 0.5) is 0 Å². The van der Waals surface area contributed by atoms with Crippen LogP contribution in [-0.4, -0.2) is 20.0 Å². The number of aromatic hydroxyl groups is 1. The molecule has 0 fully saturated rings. The SMILES string of the molecule is CCc1cc(O)cc(CCO[Si](C(C)C)(C(C)C)C(C)C)c1-c1ccccc1. The zero-order valence-corrected chi connectivity index (χ0v) is 19.8. The molecule has 2 rings (SSSR count). The molecule has 0 saturated carbocycles. The van der Waals surface area contributed by atoms with E-state index in [-0.39, 0.29) is 0 Å². The first-order chi connectivity index (χ1) is 13.2. The molecule has 0 atom stereocenters. The molecule has 0 heterocycles. The average molecular weight is 399 g/mol. The first-order valence-electron chi connectivity index (χ1n) is 10.8. The van der Waals surface area contributed by atoms with Crippen molar-refractivity contribution in [3.63, 3.8) is 0 Å². The van der Waals surface area contributed by atoms with Gasteiger partial charge in [-0.1, -0.05) is 78.8 Å². The van der Waals surface area contributed by atoms with Gasteiger partial charge in [0.2, 0.25) is 0 Å². The van der Waals surface area contributed by atoms with E-state index in [1.165, 1.54) is 22.3 Å². The van der Waals surface area contributed by atoms with E-state index in [4.69, 9.17) is 4.43 Å². The number of aryl methyl sites for hydroxylation is 1. The van der Waals surface area contributed by atoms with E-state index in [1.54, 1.807) is 0 Å². The second-order valence-corrected chi connectivity index (χ2v) is 14.2. The quantitative estimate of drug-likeness (QED) is 0.447. The fraction of sp³-hybridized carbons (Fsp3) is 0.520. The highest BCUT2D eigenvalue weighted by atomic mass is 28.4. The Kier molecular flexibility index (Phi) is 7.91. The maximum Gasteiger partial charge on any atom is 0.200 e. The van der Waals surface area contributed by atoms with E-state index >= 15 is 0 Å². The molecule has 0 spiro atoms. The van der Waals surface area contributed by atoms with Gasteiger partial charge in [0.1, 0.15) is 5.75 Å². The minimum absolute atomic E-state index is 0.353. The van der Waals surface area contributed by atoms with Gasteiger partial charge in [0.15, 0.2) is 8.32 Å². The Hall–Kier alpha value is -1.58. The molecule has 0 aliphatic rings. The van der Waals surface area contributed by atoms with E-state index < -0.39 is 8.32 Å². The van der Waals surface area contributed by atoms with Crippen molar-refractivity contribution in [2.24, 2.45) is 0 Å². The van der Waals surface area contributed by atoms with E-state index in [0.29, 0.717) is 29.0 Å². The monoisotopic (exact) mass is 398 g/mol. The third-order valence-corrected chi connectivity index (χ3v) is 12.3. The van der Waals surface area contributed by atoms with Gasteiger partial charge in [-0.2, -0.15) is 0 Å². The van der Waals surface area contributed by atoms with Crippen molar-refractivity contribution in [3.05, 3.63) is 53.6 Å². The molecule has 154 valence electrons. The highest BCUT2D eigenvalue weighted by molar-refractivity contribution is 6.77. The second-order valence-electron chi connectivity index (χ2n) is 8.77. The van der Waals surface area contributed by atoms with Crippen LogP contribution in [-0.2, 0) is 17.3 Å². The summed E-state index contributed by atoms with van der Waals surface area (Å²) < 4.78 is 6.78. The standard InChI is InChI=1S/C25H38O2Si/c1-8-21-16-24(26)17-23(25(21)22-12-10-9-11-13-22)14-15-27-28(18(2)3,19(4)5)20(6)7/h9-13,16-20,26H,8,14-15H2,1-7H3. The number of phenolic OH excluding ortho intramolecular Hbond substituents is 1. The molecule has 2 aromatic rings. The van der Waals surface area contributed by atoms with E-state index in [1.807, 2.05) is 18.2 Å². The van der Waals surface area contributed by atoms with E-state index in [9.17, 15) is 5.11 Å². The van der Waals surface area contributed by atoms with Gasteiger partial charge in [-0.3, -0.25) is 0 Å². The van der Waals surface area contributed by atoms with E-state index in [0.717, 1.165) is 12.8 Å². The second kappa shape index (κ2) is 9.75. The van der Waals surface area contributed by atoms with Gasteiger partial charge in [-0.25, -0.2) is 0 Å². The lowest BCUT2D eigenvalue weighted by atomic mass is 9.91. The third-order valence-electron chi connectivity index (χ3n) is 6.16. The minimum Gasteiger partial charge on any atom is -0.508 e. The zero-order valence-electron chi connectivity index (χ0n) is 18.8.